The quantitative estimate of drug-likeness (QED) is 0.873. The van der Waals surface area contributed by atoms with Gasteiger partial charge in [-0.2, -0.15) is 0 Å². The van der Waals surface area contributed by atoms with Crippen molar-refractivity contribution in [3.63, 3.8) is 0 Å². The monoisotopic (exact) mass is 295 g/mol. The van der Waals surface area contributed by atoms with Gasteiger partial charge in [0.15, 0.2) is 6.54 Å². The van der Waals surface area contributed by atoms with Crippen molar-refractivity contribution in [3.8, 4) is 0 Å². The lowest BCUT2D eigenvalue weighted by molar-refractivity contribution is -0.900. The highest BCUT2D eigenvalue weighted by Gasteiger charge is 2.22. The van der Waals surface area contributed by atoms with Crippen LogP contribution in [0.3, 0.4) is 0 Å². The van der Waals surface area contributed by atoms with Gasteiger partial charge in [-0.1, -0.05) is 30.7 Å². The van der Waals surface area contributed by atoms with Gasteiger partial charge in [-0.3, -0.25) is 4.79 Å². The molecule has 0 radical (unpaired) electrons. The van der Waals surface area contributed by atoms with Crippen LogP contribution in [0.15, 0.2) is 24.3 Å². The van der Waals surface area contributed by atoms with Gasteiger partial charge in [0.05, 0.1) is 19.1 Å². The van der Waals surface area contributed by atoms with Gasteiger partial charge in [-0.05, 0) is 37.5 Å². The van der Waals surface area contributed by atoms with Crippen LogP contribution in [-0.4, -0.2) is 25.5 Å². The molecular formula is C16H24ClN2O+. The molecular weight excluding hydrogens is 272 g/mol. The minimum absolute atomic E-state index is 0.0291. The van der Waals surface area contributed by atoms with Crippen molar-refractivity contribution < 1.29 is 9.69 Å². The number of quaternary nitrogens is 1. The van der Waals surface area contributed by atoms with Gasteiger partial charge in [0, 0.05) is 10.9 Å². The van der Waals surface area contributed by atoms with Crippen LogP contribution in [0.4, 0.5) is 0 Å². The van der Waals surface area contributed by atoms with Crippen molar-refractivity contribution in [1.82, 2.24) is 5.32 Å². The first-order valence-electron chi connectivity index (χ1n) is 7.43. The van der Waals surface area contributed by atoms with E-state index in [2.05, 4.69) is 12.2 Å². The van der Waals surface area contributed by atoms with Crippen LogP contribution < -0.4 is 10.2 Å². The SMILES string of the molecule is C[C@@H]1CCC[NH+](CC(=O)N[C@@H](C)c2ccc(Cl)cc2)C1. The van der Waals surface area contributed by atoms with E-state index in [1.54, 1.807) is 0 Å². The maximum atomic E-state index is 12.1. The summed E-state index contributed by atoms with van der Waals surface area (Å²) >= 11 is 5.87. The van der Waals surface area contributed by atoms with E-state index in [-0.39, 0.29) is 11.9 Å². The zero-order chi connectivity index (χ0) is 14.5. The van der Waals surface area contributed by atoms with Gasteiger partial charge >= 0.3 is 0 Å². The number of piperidine rings is 1. The third kappa shape index (κ3) is 4.50. The molecule has 1 amide bonds. The molecule has 0 saturated carbocycles. The molecule has 110 valence electrons. The number of carbonyl (C=O) groups is 1. The molecule has 3 atom stereocenters. The molecule has 3 nitrogen and oxygen atoms in total. The third-order valence-electron chi connectivity index (χ3n) is 4.02. The maximum absolute atomic E-state index is 12.1. The van der Waals surface area contributed by atoms with Crippen molar-refractivity contribution in [2.75, 3.05) is 19.6 Å². The summed E-state index contributed by atoms with van der Waals surface area (Å²) in [6.45, 7) is 7.10. The fourth-order valence-corrected chi connectivity index (χ4v) is 3.04. The summed E-state index contributed by atoms with van der Waals surface area (Å²) in [6.07, 6.45) is 2.53. The largest absolute Gasteiger partial charge is 0.345 e. The van der Waals surface area contributed by atoms with Crippen molar-refractivity contribution >= 4 is 17.5 Å². The lowest BCUT2D eigenvalue weighted by Gasteiger charge is -2.27. The van der Waals surface area contributed by atoms with Crippen molar-refractivity contribution in [3.05, 3.63) is 34.9 Å². The molecule has 1 fully saturated rings. The van der Waals surface area contributed by atoms with Crippen molar-refractivity contribution in [2.24, 2.45) is 5.92 Å². The van der Waals surface area contributed by atoms with E-state index in [1.165, 1.54) is 17.7 Å². The fourth-order valence-electron chi connectivity index (χ4n) is 2.91. The highest BCUT2D eigenvalue weighted by molar-refractivity contribution is 6.30. The Morgan fingerprint density at radius 2 is 2.15 bits per heavy atom. The molecule has 1 saturated heterocycles. The Hall–Kier alpha value is -1.06. The fraction of sp³-hybridized carbons (Fsp3) is 0.562. The van der Waals surface area contributed by atoms with Gasteiger partial charge < -0.3 is 10.2 Å². The topological polar surface area (TPSA) is 33.5 Å². The molecule has 1 aliphatic rings. The number of hydrogen-bond acceptors (Lipinski definition) is 1. The number of halogens is 1. The minimum Gasteiger partial charge on any atom is -0.345 e. The number of rotatable bonds is 4. The van der Waals surface area contributed by atoms with Gasteiger partial charge in [-0.15, -0.1) is 0 Å². The highest BCUT2D eigenvalue weighted by Crippen LogP contribution is 2.15. The molecule has 1 heterocycles. The number of nitrogens with one attached hydrogen (secondary N) is 2. The van der Waals surface area contributed by atoms with Crippen LogP contribution in [0.2, 0.25) is 5.02 Å². The number of amides is 1. The van der Waals surface area contributed by atoms with E-state index in [1.807, 2.05) is 31.2 Å². The number of hydrogen-bond donors (Lipinski definition) is 2. The van der Waals surface area contributed by atoms with E-state index in [0.717, 1.165) is 29.6 Å². The lowest BCUT2D eigenvalue weighted by Crippen LogP contribution is -3.14. The molecule has 2 rings (SSSR count). The van der Waals surface area contributed by atoms with Crippen LogP contribution in [0, 0.1) is 5.92 Å². The first kappa shape index (κ1) is 15.3. The smallest absolute Gasteiger partial charge is 0.275 e. The molecule has 20 heavy (non-hydrogen) atoms. The van der Waals surface area contributed by atoms with Crippen LogP contribution in [0.1, 0.15) is 38.3 Å². The van der Waals surface area contributed by atoms with Crippen LogP contribution >= 0.6 is 11.6 Å². The second kappa shape index (κ2) is 7.09. The summed E-state index contributed by atoms with van der Waals surface area (Å²) in [6, 6.07) is 7.67. The molecule has 0 aliphatic carbocycles. The number of benzene rings is 1. The molecule has 0 spiro atoms. The average Bonchev–Trinajstić information content (AvgIpc) is 2.39. The summed E-state index contributed by atoms with van der Waals surface area (Å²) in [5.74, 6) is 0.872. The number of carbonyl (C=O) groups excluding carboxylic acids is 1. The van der Waals surface area contributed by atoms with Gasteiger partial charge in [0.1, 0.15) is 0 Å². The summed E-state index contributed by atoms with van der Waals surface area (Å²) in [5.41, 5.74) is 1.09. The molecule has 1 aromatic carbocycles. The normalized spacial score (nSPS) is 24.1. The zero-order valence-corrected chi connectivity index (χ0v) is 13.0. The Kier molecular flexibility index (Phi) is 5.44. The van der Waals surface area contributed by atoms with Gasteiger partial charge in [-0.25, -0.2) is 0 Å². The van der Waals surface area contributed by atoms with Crippen LogP contribution in [0.25, 0.3) is 0 Å². The molecule has 1 aliphatic heterocycles. The average molecular weight is 296 g/mol. The summed E-state index contributed by atoms with van der Waals surface area (Å²) in [7, 11) is 0. The maximum Gasteiger partial charge on any atom is 0.275 e. The predicted molar refractivity (Wildman–Crippen MR) is 82.0 cm³/mol. The van der Waals surface area contributed by atoms with Crippen molar-refractivity contribution in [1.29, 1.82) is 0 Å². The third-order valence-corrected chi connectivity index (χ3v) is 4.27. The van der Waals surface area contributed by atoms with E-state index in [0.29, 0.717) is 6.54 Å². The predicted octanol–water partition coefficient (Wildman–Crippen LogP) is 1.83. The van der Waals surface area contributed by atoms with E-state index >= 15 is 0 Å². The van der Waals surface area contributed by atoms with Gasteiger partial charge in [0.25, 0.3) is 5.91 Å². The molecule has 0 aromatic heterocycles. The standard InChI is InChI=1S/C16H23ClN2O/c1-12-4-3-9-19(10-12)11-16(20)18-13(2)14-5-7-15(17)8-6-14/h5-8,12-13H,3-4,9-11H2,1-2H3,(H,18,20)/p+1/t12-,13+/m1/s1. The summed E-state index contributed by atoms with van der Waals surface area (Å²) in [4.78, 5) is 13.5. The summed E-state index contributed by atoms with van der Waals surface area (Å²) in [5, 5.41) is 3.80. The van der Waals surface area contributed by atoms with E-state index in [9.17, 15) is 4.79 Å². The Bertz CT molecular complexity index is 446. The Morgan fingerprint density at radius 1 is 1.45 bits per heavy atom. The highest BCUT2D eigenvalue weighted by atomic mass is 35.5. The van der Waals surface area contributed by atoms with E-state index < -0.39 is 0 Å². The Labute approximate surface area is 126 Å². The second-order valence-electron chi connectivity index (χ2n) is 5.97. The van der Waals surface area contributed by atoms with Crippen LogP contribution in [-0.2, 0) is 4.79 Å². The number of likely N-dealkylation sites (tertiary alicyclic amines) is 1. The summed E-state index contributed by atoms with van der Waals surface area (Å²) < 4.78 is 0. The first-order valence-corrected chi connectivity index (χ1v) is 7.81. The lowest BCUT2D eigenvalue weighted by atomic mass is 10.0. The molecule has 1 aromatic rings. The Balaban J connectivity index is 1.83. The second-order valence-corrected chi connectivity index (χ2v) is 6.41. The van der Waals surface area contributed by atoms with Crippen molar-refractivity contribution in [2.45, 2.75) is 32.7 Å². The first-order chi connectivity index (χ1) is 9.54. The molecule has 4 heteroatoms. The minimum atomic E-state index is 0.0291. The Morgan fingerprint density at radius 3 is 2.80 bits per heavy atom. The van der Waals surface area contributed by atoms with Gasteiger partial charge in [0.2, 0.25) is 0 Å². The molecule has 0 bridgehead atoms. The zero-order valence-electron chi connectivity index (χ0n) is 12.3. The molecule has 1 unspecified atom stereocenters. The van der Waals surface area contributed by atoms with Crippen LogP contribution in [0.5, 0.6) is 0 Å². The van der Waals surface area contributed by atoms with E-state index in [4.69, 9.17) is 11.6 Å². The molecule has 2 N–H and O–H groups in total.